The van der Waals surface area contributed by atoms with Crippen LogP contribution in [0.1, 0.15) is 50.3 Å². The summed E-state index contributed by atoms with van der Waals surface area (Å²) < 4.78 is 7.96. The highest BCUT2D eigenvalue weighted by molar-refractivity contribution is 5.31. The van der Waals surface area contributed by atoms with E-state index in [1.165, 1.54) is 5.56 Å². The van der Waals surface area contributed by atoms with E-state index in [0.29, 0.717) is 5.92 Å². The summed E-state index contributed by atoms with van der Waals surface area (Å²) in [5, 5.41) is 4.22. The molecular weight excluding hydrogens is 262 g/mol. The highest BCUT2D eigenvalue weighted by atomic mass is 16.5. The molecule has 0 radical (unpaired) electrons. The Hall–Kier alpha value is -1.81. The molecule has 0 amide bonds. The third kappa shape index (κ3) is 3.85. The van der Waals surface area contributed by atoms with Gasteiger partial charge in [-0.15, -0.1) is 0 Å². The van der Waals surface area contributed by atoms with Crippen molar-refractivity contribution in [2.24, 2.45) is 12.8 Å². The van der Waals surface area contributed by atoms with Crippen LogP contribution >= 0.6 is 0 Å². The predicted molar refractivity (Wildman–Crippen MR) is 85.4 cm³/mol. The first-order valence-corrected chi connectivity index (χ1v) is 7.52. The number of benzene rings is 1. The summed E-state index contributed by atoms with van der Waals surface area (Å²) in [4.78, 5) is 0. The molecule has 4 nitrogen and oxygen atoms in total. The van der Waals surface area contributed by atoms with Crippen LogP contribution in [0.5, 0.6) is 5.75 Å². The lowest BCUT2D eigenvalue weighted by Crippen LogP contribution is -2.31. The molecule has 114 valence electrons. The number of nitrogens with two attached hydrogens (primary N) is 1. The maximum Gasteiger partial charge on any atom is 0.142 e. The smallest absolute Gasteiger partial charge is 0.142 e. The molecule has 0 spiro atoms. The highest BCUT2D eigenvalue weighted by Crippen LogP contribution is 2.27. The van der Waals surface area contributed by atoms with Gasteiger partial charge in [0, 0.05) is 24.8 Å². The normalized spacial score (nSPS) is 14.2. The Kier molecular flexibility index (Phi) is 5.02. The fourth-order valence-corrected chi connectivity index (χ4v) is 2.30. The van der Waals surface area contributed by atoms with Crippen LogP contribution in [-0.4, -0.2) is 15.8 Å². The predicted octanol–water partition coefficient (Wildman–Crippen LogP) is 3.40. The second-order valence-electron chi connectivity index (χ2n) is 5.79. The molecule has 21 heavy (non-hydrogen) atoms. The van der Waals surface area contributed by atoms with Crippen molar-refractivity contribution in [1.82, 2.24) is 9.78 Å². The van der Waals surface area contributed by atoms with Gasteiger partial charge in [0.2, 0.25) is 0 Å². The van der Waals surface area contributed by atoms with Crippen LogP contribution < -0.4 is 10.5 Å². The molecule has 0 saturated heterocycles. The summed E-state index contributed by atoms with van der Waals surface area (Å²) >= 11 is 0. The Bertz CT molecular complexity index is 577. The van der Waals surface area contributed by atoms with Crippen LogP contribution in [0.3, 0.4) is 0 Å². The van der Waals surface area contributed by atoms with E-state index in [4.69, 9.17) is 10.5 Å². The van der Waals surface area contributed by atoms with Crippen molar-refractivity contribution in [3.63, 3.8) is 0 Å². The molecule has 1 heterocycles. The minimum Gasteiger partial charge on any atom is -0.484 e. The second-order valence-corrected chi connectivity index (χ2v) is 5.79. The summed E-state index contributed by atoms with van der Waals surface area (Å²) in [5.74, 6) is 1.34. The van der Waals surface area contributed by atoms with E-state index < -0.39 is 0 Å². The summed E-state index contributed by atoms with van der Waals surface area (Å²) in [6.07, 6.45) is 4.47. The molecule has 0 aliphatic rings. The lowest BCUT2D eigenvalue weighted by molar-refractivity contribution is 0.171. The lowest BCUT2D eigenvalue weighted by Gasteiger charge is -2.24. The first-order valence-electron chi connectivity index (χ1n) is 7.52. The number of hydrogen-bond acceptors (Lipinski definition) is 3. The molecule has 2 atom stereocenters. The Morgan fingerprint density at radius 2 is 2.05 bits per heavy atom. The van der Waals surface area contributed by atoms with Gasteiger partial charge in [-0.05, 0) is 30.0 Å². The second kappa shape index (κ2) is 6.76. The van der Waals surface area contributed by atoms with Crippen LogP contribution in [0, 0.1) is 0 Å². The molecule has 4 heteroatoms. The van der Waals surface area contributed by atoms with Crippen molar-refractivity contribution in [1.29, 1.82) is 0 Å². The van der Waals surface area contributed by atoms with Crippen LogP contribution in [0.25, 0.3) is 0 Å². The van der Waals surface area contributed by atoms with Gasteiger partial charge in [0.1, 0.15) is 11.9 Å². The lowest BCUT2D eigenvalue weighted by atomic mass is 10.0. The molecule has 0 saturated carbocycles. The molecule has 0 aliphatic heterocycles. The molecule has 0 aliphatic carbocycles. The number of ether oxygens (including phenoxy) is 1. The van der Waals surface area contributed by atoms with Crippen LogP contribution in [0.4, 0.5) is 0 Å². The van der Waals surface area contributed by atoms with Crippen LogP contribution in [0.15, 0.2) is 36.7 Å². The van der Waals surface area contributed by atoms with E-state index in [1.807, 2.05) is 31.6 Å². The number of hydrogen-bond donors (Lipinski definition) is 1. The zero-order chi connectivity index (χ0) is 15.4. The third-order valence-electron chi connectivity index (χ3n) is 3.70. The van der Waals surface area contributed by atoms with Gasteiger partial charge < -0.3 is 10.5 Å². The standard InChI is InChI=1S/C17H25N3O/c1-5-16(18)17(14-10-19-20(4)11-14)21-15-8-6-7-13(9-15)12(2)3/h6-12,16-17H,5,18H2,1-4H3. The average molecular weight is 287 g/mol. The molecule has 2 aromatic rings. The van der Waals surface area contributed by atoms with E-state index in [-0.39, 0.29) is 12.1 Å². The summed E-state index contributed by atoms with van der Waals surface area (Å²) in [7, 11) is 1.90. The van der Waals surface area contributed by atoms with E-state index in [9.17, 15) is 0 Å². The van der Waals surface area contributed by atoms with E-state index in [1.54, 1.807) is 4.68 Å². The molecule has 0 bridgehead atoms. The number of aromatic nitrogens is 2. The van der Waals surface area contributed by atoms with Crippen molar-refractivity contribution in [2.75, 3.05) is 0 Å². The third-order valence-corrected chi connectivity index (χ3v) is 3.70. The van der Waals surface area contributed by atoms with Crippen molar-refractivity contribution in [3.05, 3.63) is 47.8 Å². The SMILES string of the molecule is CCC(N)C(Oc1cccc(C(C)C)c1)c1cnn(C)c1. The summed E-state index contributed by atoms with van der Waals surface area (Å²) in [6.45, 7) is 6.42. The molecule has 2 N–H and O–H groups in total. The zero-order valence-corrected chi connectivity index (χ0v) is 13.3. The first-order chi connectivity index (χ1) is 10.0. The van der Waals surface area contributed by atoms with Gasteiger partial charge in [0.15, 0.2) is 0 Å². The van der Waals surface area contributed by atoms with Gasteiger partial charge >= 0.3 is 0 Å². The van der Waals surface area contributed by atoms with Crippen LogP contribution in [0.2, 0.25) is 0 Å². The van der Waals surface area contributed by atoms with Crippen LogP contribution in [-0.2, 0) is 7.05 Å². The highest BCUT2D eigenvalue weighted by Gasteiger charge is 2.22. The fourth-order valence-electron chi connectivity index (χ4n) is 2.30. The summed E-state index contributed by atoms with van der Waals surface area (Å²) in [5.41, 5.74) is 8.52. The monoisotopic (exact) mass is 287 g/mol. The average Bonchev–Trinajstić information content (AvgIpc) is 2.90. The molecular formula is C17H25N3O. The maximum atomic E-state index is 6.24. The topological polar surface area (TPSA) is 53.1 Å². The Balaban J connectivity index is 2.25. The van der Waals surface area contributed by atoms with Gasteiger partial charge in [-0.1, -0.05) is 32.9 Å². The molecule has 2 rings (SSSR count). The largest absolute Gasteiger partial charge is 0.484 e. The first kappa shape index (κ1) is 15.6. The van der Waals surface area contributed by atoms with Crippen molar-refractivity contribution in [2.45, 2.75) is 45.3 Å². The molecule has 1 aromatic heterocycles. The van der Waals surface area contributed by atoms with Gasteiger partial charge in [-0.2, -0.15) is 5.10 Å². The minimum absolute atomic E-state index is 0.0584. The number of aryl methyl sites for hydroxylation is 1. The Morgan fingerprint density at radius 3 is 2.62 bits per heavy atom. The molecule has 2 unspecified atom stereocenters. The zero-order valence-electron chi connectivity index (χ0n) is 13.3. The maximum absolute atomic E-state index is 6.24. The van der Waals surface area contributed by atoms with Gasteiger partial charge in [-0.3, -0.25) is 4.68 Å². The summed E-state index contributed by atoms with van der Waals surface area (Å²) in [6, 6.07) is 8.17. The number of nitrogens with zero attached hydrogens (tertiary/aromatic N) is 2. The molecule has 0 fully saturated rings. The Labute approximate surface area is 126 Å². The van der Waals surface area contributed by atoms with Gasteiger partial charge in [0.05, 0.1) is 6.20 Å². The minimum atomic E-state index is -0.175. The number of rotatable bonds is 6. The molecule has 1 aromatic carbocycles. The van der Waals surface area contributed by atoms with Crippen molar-refractivity contribution >= 4 is 0 Å². The van der Waals surface area contributed by atoms with Gasteiger partial charge in [0.25, 0.3) is 0 Å². The van der Waals surface area contributed by atoms with Crippen molar-refractivity contribution < 1.29 is 4.74 Å². The van der Waals surface area contributed by atoms with E-state index in [0.717, 1.165) is 17.7 Å². The van der Waals surface area contributed by atoms with E-state index >= 15 is 0 Å². The quantitative estimate of drug-likeness (QED) is 0.886. The van der Waals surface area contributed by atoms with E-state index in [2.05, 4.69) is 38.0 Å². The Morgan fingerprint density at radius 1 is 1.29 bits per heavy atom. The van der Waals surface area contributed by atoms with Crippen molar-refractivity contribution in [3.8, 4) is 5.75 Å². The fraction of sp³-hybridized carbons (Fsp3) is 0.471. The van der Waals surface area contributed by atoms with Gasteiger partial charge in [-0.25, -0.2) is 0 Å².